The van der Waals surface area contributed by atoms with Gasteiger partial charge in [-0.3, -0.25) is 9.63 Å². The summed E-state index contributed by atoms with van der Waals surface area (Å²) in [6.45, 7) is 11.4. The number of nitrogens with zero attached hydrogens (tertiary/aromatic N) is 1. The Balaban J connectivity index is 2.35. The third-order valence-corrected chi connectivity index (χ3v) is 4.08. The second-order valence-electron chi connectivity index (χ2n) is 7.41. The summed E-state index contributed by atoms with van der Waals surface area (Å²) >= 11 is 0. The van der Waals surface area contributed by atoms with Crippen molar-refractivity contribution >= 4 is 5.78 Å². The number of hydrogen-bond acceptors (Lipinski definition) is 3. The van der Waals surface area contributed by atoms with E-state index in [9.17, 15) is 4.79 Å². The van der Waals surface area contributed by atoms with Gasteiger partial charge in [0, 0.05) is 23.9 Å². The standard InChI is InChI=1S/C17H33NO2/c1-6-7-8-9-10-11-12-20-18-16(2,3)13-15(19)14-17(18,4)5/h6-14H2,1-5H3. The Hall–Kier alpha value is -0.410. The molecule has 1 aliphatic heterocycles. The average Bonchev–Trinajstić information content (AvgIpc) is 2.28. The predicted octanol–water partition coefficient (Wildman–Crippen LogP) is 4.50. The van der Waals surface area contributed by atoms with Crippen LogP contribution in [-0.2, 0) is 9.63 Å². The van der Waals surface area contributed by atoms with Crippen LogP contribution in [0.25, 0.3) is 0 Å². The maximum Gasteiger partial charge on any atom is 0.136 e. The van der Waals surface area contributed by atoms with E-state index in [1.807, 2.05) is 0 Å². The van der Waals surface area contributed by atoms with Gasteiger partial charge in [0.1, 0.15) is 5.78 Å². The van der Waals surface area contributed by atoms with Crippen molar-refractivity contribution in [2.45, 2.75) is 97.1 Å². The van der Waals surface area contributed by atoms with E-state index < -0.39 is 0 Å². The molecule has 0 atom stereocenters. The van der Waals surface area contributed by atoms with E-state index in [1.165, 1.54) is 32.1 Å². The van der Waals surface area contributed by atoms with Crippen molar-refractivity contribution in [3.63, 3.8) is 0 Å². The summed E-state index contributed by atoms with van der Waals surface area (Å²) in [4.78, 5) is 17.9. The van der Waals surface area contributed by atoms with Crippen molar-refractivity contribution in [2.24, 2.45) is 0 Å². The van der Waals surface area contributed by atoms with Crippen LogP contribution in [0.1, 0.15) is 86.0 Å². The van der Waals surface area contributed by atoms with Crippen LogP contribution >= 0.6 is 0 Å². The molecule has 1 heterocycles. The Morgan fingerprint density at radius 1 is 0.950 bits per heavy atom. The molecular weight excluding hydrogens is 250 g/mol. The molecular formula is C17H33NO2. The molecule has 0 amide bonds. The molecule has 3 nitrogen and oxygen atoms in total. The van der Waals surface area contributed by atoms with Crippen LogP contribution in [-0.4, -0.2) is 28.5 Å². The van der Waals surface area contributed by atoms with Crippen molar-refractivity contribution in [3.05, 3.63) is 0 Å². The normalized spacial score (nSPS) is 22.1. The number of ketones is 1. The topological polar surface area (TPSA) is 29.5 Å². The zero-order chi connectivity index (χ0) is 15.2. The second-order valence-corrected chi connectivity index (χ2v) is 7.41. The minimum absolute atomic E-state index is 0.193. The smallest absolute Gasteiger partial charge is 0.136 e. The molecule has 0 spiro atoms. The molecule has 1 saturated heterocycles. The zero-order valence-electron chi connectivity index (χ0n) is 14.1. The Labute approximate surface area is 125 Å². The third-order valence-electron chi connectivity index (χ3n) is 4.08. The van der Waals surface area contributed by atoms with Gasteiger partial charge < -0.3 is 0 Å². The van der Waals surface area contributed by atoms with Crippen molar-refractivity contribution in [2.75, 3.05) is 6.61 Å². The minimum atomic E-state index is -0.193. The largest absolute Gasteiger partial charge is 0.300 e. The first-order valence-corrected chi connectivity index (χ1v) is 8.24. The molecule has 1 aliphatic rings. The monoisotopic (exact) mass is 283 g/mol. The molecule has 0 unspecified atom stereocenters. The van der Waals surface area contributed by atoms with Gasteiger partial charge in [-0.2, -0.15) is 5.06 Å². The highest BCUT2D eigenvalue weighted by Gasteiger charge is 2.45. The SMILES string of the molecule is CCCCCCCCON1C(C)(C)CC(=O)CC1(C)C. The zero-order valence-corrected chi connectivity index (χ0v) is 14.1. The van der Waals surface area contributed by atoms with Crippen LogP contribution in [0.3, 0.4) is 0 Å². The summed E-state index contributed by atoms with van der Waals surface area (Å²) in [5, 5.41) is 2.08. The number of rotatable bonds is 8. The molecule has 0 N–H and O–H groups in total. The maximum atomic E-state index is 11.8. The second kappa shape index (κ2) is 7.56. The number of carbonyl (C=O) groups excluding carboxylic acids is 1. The molecule has 0 aromatic heterocycles. The van der Waals surface area contributed by atoms with Crippen LogP contribution < -0.4 is 0 Å². The molecule has 1 rings (SSSR count). The van der Waals surface area contributed by atoms with Gasteiger partial charge in [-0.05, 0) is 34.1 Å². The molecule has 0 aliphatic carbocycles. The van der Waals surface area contributed by atoms with Crippen LogP contribution in [0.15, 0.2) is 0 Å². The van der Waals surface area contributed by atoms with Crippen molar-refractivity contribution < 1.29 is 9.63 Å². The molecule has 20 heavy (non-hydrogen) atoms. The summed E-state index contributed by atoms with van der Waals surface area (Å²) in [6.07, 6.45) is 8.82. The average molecular weight is 283 g/mol. The lowest BCUT2D eigenvalue weighted by Crippen LogP contribution is -2.60. The van der Waals surface area contributed by atoms with Crippen LogP contribution in [0.2, 0.25) is 0 Å². The van der Waals surface area contributed by atoms with Gasteiger partial charge in [-0.15, -0.1) is 0 Å². The fourth-order valence-electron chi connectivity index (χ4n) is 3.38. The number of hydrogen-bond donors (Lipinski definition) is 0. The fourth-order valence-corrected chi connectivity index (χ4v) is 3.38. The number of hydroxylamine groups is 2. The van der Waals surface area contributed by atoms with E-state index >= 15 is 0 Å². The Morgan fingerprint density at radius 2 is 1.45 bits per heavy atom. The highest BCUT2D eigenvalue weighted by molar-refractivity contribution is 5.81. The first kappa shape index (κ1) is 17.6. The summed E-state index contributed by atoms with van der Waals surface area (Å²) in [7, 11) is 0. The predicted molar refractivity (Wildman–Crippen MR) is 83.6 cm³/mol. The minimum Gasteiger partial charge on any atom is -0.300 e. The summed E-state index contributed by atoms with van der Waals surface area (Å²) in [5.41, 5.74) is -0.387. The van der Waals surface area contributed by atoms with Crippen molar-refractivity contribution in [3.8, 4) is 0 Å². The molecule has 118 valence electrons. The molecule has 0 aromatic carbocycles. The lowest BCUT2D eigenvalue weighted by Gasteiger charge is -2.50. The molecule has 3 heteroatoms. The molecule has 0 radical (unpaired) electrons. The summed E-state index contributed by atoms with van der Waals surface area (Å²) in [5.74, 6) is 0.347. The first-order valence-electron chi connectivity index (χ1n) is 8.24. The van der Waals surface area contributed by atoms with Crippen LogP contribution in [0.4, 0.5) is 0 Å². The molecule has 1 fully saturated rings. The van der Waals surface area contributed by atoms with E-state index in [0.717, 1.165) is 13.0 Å². The van der Waals surface area contributed by atoms with Gasteiger partial charge in [0.05, 0.1) is 6.61 Å². The fraction of sp³-hybridized carbons (Fsp3) is 0.941. The number of carbonyl (C=O) groups is 1. The lowest BCUT2D eigenvalue weighted by atomic mass is 9.81. The molecule has 0 aromatic rings. The van der Waals surface area contributed by atoms with Gasteiger partial charge in [-0.25, -0.2) is 0 Å². The number of unbranched alkanes of at least 4 members (excludes halogenated alkanes) is 5. The quantitative estimate of drug-likeness (QED) is 0.614. The van der Waals surface area contributed by atoms with E-state index in [1.54, 1.807) is 0 Å². The first-order chi connectivity index (χ1) is 9.29. The maximum absolute atomic E-state index is 11.8. The molecule has 0 bridgehead atoms. The van der Waals surface area contributed by atoms with Gasteiger partial charge in [-0.1, -0.05) is 39.0 Å². The van der Waals surface area contributed by atoms with Crippen molar-refractivity contribution in [1.29, 1.82) is 0 Å². The Morgan fingerprint density at radius 3 is 2.00 bits per heavy atom. The van der Waals surface area contributed by atoms with Crippen molar-refractivity contribution in [1.82, 2.24) is 5.06 Å². The number of piperidine rings is 1. The van der Waals surface area contributed by atoms with E-state index in [4.69, 9.17) is 4.84 Å². The van der Waals surface area contributed by atoms with E-state index in [-0.39, 0.29) is 11.1 Å². The summed E-state index contributed by atoms with van der Waals surface area (Å²) < 4.78 is 0. The van der Waals surface area contributed by atoms with Crippen LogP contribution in [0.5, 0.6) is 0 Å². The van der Waals surface area contributed by atoms with E-state index in [2.05, 4.69) is 39.7 Å². The van der Waals surface area contributed by atoms with Crippen LogP contribution in [0, 0.1) is 0 Å². The van der Waals surface area contributed by atoms with E-state index in [0.29, 0.717) is 18.6 Å². The summed E-state index contributed by atoms with van der Waals surface area (Å²) in [6, 6.07) is 0. The Bertz CT molecular complexity index is 290. The van der Waals surface area contributed by atoms with Gasteiger partial charge in [0.15, 0.2) is 0 Å². The van der Waals surface area contributed by atoms with Gasteiger partial charge in [0.2, 0.25) is 0 Å². The third kappa shape index (κ3) is 5.17. The van der Waals surface area contributed by atoms with Gasteiger partial charge in [0.25, 0.3) is 0 Å². The lowest BCUT2D eigenvalue weighted by molar-refractivity contribution is -0.275. The van der Waals surface area contributed by atoms with Gasteiger partial charge >= 0.3 is 0 Å². The molecule has 0 saturated carbocycles. The number of Topliss-reactive ketones (excluding diaryl/α,β-unsaturated/α-hetero) is 1. The Kier molecular flexibility index (Phi) is 6.67. The highest BCUT2D eigenvalue weighted by atomic mass is 16.7. The highest BCUT2D eigenvalue weighted by Crippen LogP contribution is 2.36.